The van der Waals surface area contributed by atoms with Crippen molar-refractivity contribution >= 4 is 11.1 Å². The summed E-state index contributed by atoms with van der Waals surface area (Å²) in [5.41, 5.74) is 7.95. The molecular formula is C24H20. The first-order chi connectivity index (χ1) is 11.5. The molecule has 0 bridgehead atoms. The van der Waals surface area contributed by atoms with Gasteiger partial charge in [0.05, 0.1) is 0 Å². The molecule has 0 heteroatoms. The number of benzene rings is 3. The Morgan fingerprint density at radius 3 is 1.29 bits per heavy atom. The molecule has 3 aromatic carbocycles. The molecule has 0 fully saturated rings. The summed E-state index contributed by atoms with van der Waals surface area (Å²) in [5, 5.41) is 0. The van der Waals surface area contributed by atoms with Gasteiger partial charge in [-0.1, -0.05) is 91.0 Å². The topological polar surface area (TPSA) is 0 Å². The maximum absolute atomic E-state index is 6.36. The summed E-state index contributed by atoms with van der Waals surface area (Å²) in [7, 11) is 0. The Morgan fingerprint density at radius 2 is 0.917 bits per heavy atom. The molecule has 2 radical (unpaired) electrons. The Morgan fingerprint density at radius 1 is 0.542 bits per heavy atom. The average Bonchev–Trinajstić information content (AvgIpc) is 2.62. The van der Waals surface area contributed by atoms with Crippen LogP contribution in [0.4, 0.5) is 0 Å². The zero-order valence-corrected chi connectivity index (χ0v) is 14.1. The van der Waals surface area contributed by atoms with Gasteiger partial charge < -0.3 is 0 Å². The van der Waals surface area contributed by atoms with E-state index < -0.39 is 0 Å². The number of aryl methyl sites for hydroxylation is 2. The predicted molar refractivity (Wildman–Crippen MR) is 102 cm³/mol. The molecule has 3 rings (SSSR count). The SMILES string of the molecule is [CH]=C(c1ccc(C)cc1)c1cccc(C(=[CH])c2ccc(C)cc2)c1. The molecule has 116 valence electrons. The van der Waals surface area contributed by atoms with Crippen LogP contribution in [0.15, 0.2) is 72.8 Å². The molecule has 3 aromatic rings. The van der Waals surface area contributed by atoms with Crippen LogP contribution in [0.5, 0.6) is 0 Å². The highest BCUT2D eigenvalue weighted by Gasteiger charge is 2.07. The quantitative estimate of drug-likeness (QED) is 0.552. The second-order valence-electron chi connectivity index (χ2n) is 6.14. The summed E-state index contributed by atoms with van der Waals surface area (Å²) in [6, 6.07) is 24.5. The van der Waals surface area contributed by atoms with Crippen molar-refractivity contribution in [2.75, 3.05) is 0 Å². The highest BCUT2D eigenvalue weighted by atomic mass is 14.1. The van der Waals surface area contributed by atoms with E-state index >= 15 is 0 Å². The fourth-order valence-corrected chi connectivity index (χ4v) is 2.65. The lowest BCUT2D eigenvalue weighted by atomic mass is 9.93. The Labute approximate surface area is 144 Å². The minimum atomic E-state index is 0.758. The minimum absolute atomic E-state index is 0.758. The Balaban J connectivity index is 1.91. The molecule has 0 atom stereocenters. The van der Waals surface area contributed by atoms with Gasteiger partial charge in [-0.2, -0.15) is 0 Å². The Hall–Kier alpha value is -2.86. The zero-order chi connectivity index (χ0) is 17.1. The molecule has 0 aromatic heterocycles. The van der Waals surface area contributed by atoms with Gasteiger partial charge in [-0.25, -0.2) is 0 Å². The normalized spacial score (nSPS) is 10.4. The van der Waals surface area contributed by atoms with Crippen LogP contribution in [0, 0.1) is 27.0 Å². The molecule has 0 unspecified atom stereocenters. The van der Waals surface area contributed by atoms with Crippen LogP contribution in [0.1, 0.15) is 33.4 Å². The summed E-state index contributed by atoms with van der Waals surface area (Å²) in [5.74, 6) is 0. The Kier molecular flexibility index (Phi) is 4.48. The van der Waals surface area contributed by atoms with Gasteiger partial charge in [0.1, 0.15) is 0 Å². The van der Waals surface area contributed by atoms with Crippen molar-refractivity contribution in [2.45, 2.75) is 13.8 Å². The molecule has 0 saturated carbocycles. The Bertz CT molecular complexity index is 805. The molecule has 0 amide bonds. The second kappa shape index (κ2) is 6.72. The second-order valence-corrected chi connectivity index (χ2v) is 6.14. The average molecular weight is 308 g/mol. The standard InChI is InChI=1S/C24H20/c1-17-8-12-21(13-9-17)19(3)23-6-5-7-24(16-23)20(4)22-14-10-18(2)11-15-22/h3-16H,1-2H3. The van der Waals surface area contributed by atoms with Crippen molar-refractivity contribution in [1.29, 1.82) is 0 Å². The molecule has 24 heavy (non-hydrogen) atoms. The third kappa shape index (κ3) is 3.38. The number of rotatable bonds is 4. The molecule has 0 aliphatic carbocycles. The zero-order valence-electron chi connectivity index (χ0n) is 14.1. The number of hydrogen-bond donors (Lipinski definition) is 0. The van der Waals surface area contributed by atoms with Gasteiger partial charge in [0.15, 0.2) is 0 Å². The van der Waals surface area contributed by atoms with Crippen LogP contribution in [0.3, 0.4) is 0 Å². The molecule has 0 spiro atoms. The molecule has 0 heterocycles. The summed E-state index contributed by atoms with van der Waals surface area (Å²) >= 11 is 0. The first-order valence-corrected chi connectivity index (χ1v) is 8.04. The van der Waals surface area contributed by atoms with Crippen LogP contribution in [0.25, 0.3) is 11.1 Å². The van der Waals surface area contributed by atoms with Gasteiger partial charge in [-0.3, -0.25) is 0 Å². The lowest BCUT2D eigenvalue weighted by Gasteiger charge is -2.11. The van der Waals surface area contributed by atoms with Gasteiger partial charge in [-0.05, 0) is 53.3 Å². The third-order valence-electron chi connectivity index (χ3n) is 4.21. The molecule has 0 aliphatic heterocycles. The van der Waals surface area contributed by atoms with Crippen LogP contribution in [-0.4, -0.2) is 0 Å². The molecule has 0 aliphatic rings. The van der Waals surface area contributed by atoms with Crippen molar-refractivity contribution in [2.24, 2.45) is 0 Å². The van der Waals surface area contributed by atoms with Crippen LogP contribution in [-0.2, 0) is 0 Å². The van der Waals surface area contributed by atoms with E-state index in [2.05, 4.69) is 38.1 Å². The van der Waals surface area contributed by atoms with Gasteiger partial charge in [-0.15, -0.1) is 0 Å². The first kappa shape index (κ1) is 16.0. The lowest BCUT2D eigenvalue weighted by molar-refractivity contribution is 1.43. The molecule has 0 saturated heterocycles. The summed E-state index contributed by atoms with van der Waals surface area (Å²) in [6.45, 7) is 16.9. The minimum Gasteiger partial charge on any atom is -0.0610 e. The van der Waals surface area contributed by atoms with E-state index in [1.807, 2.05) is 48.5 Å². The fourth-order valence-electron chi connectivity index (χ4n) is 2.65. The van der Waals surface area contributed by atoms with E-state index in [1.54, 1.807) is 0 Å². The van der Waals surface area contributed by atoms with Crippen molar-refractivity contribution in [3.8, 4) is 0 Å². The molecule has 0 nitrogen and oxygen atoms in total. The number of hydrogen-bond acceptors (Lipinski definition) is 0. The van der Waals surface area contributed by atoms with Gasteiger partial charge in [0, 0.05) is 0 Å². The van der Waals surface area contributed by atoms with Crippen LogP contribution < -0.4 is 0 Å². The largest absolute Gasteiger partial charge is 0.0610 e. The van der Waals surface area contributed by atoms with E-state index in [9.17, 15) is 0 Å². The van der Waals surface area contributed by atoms with E-state index in [1.165, 1.54) is 11.1 Å². The maximum Gasteiger partial charge on any atom is -0.0111 e. The first-order valence-electron chi connectivity index (χ1n) is 8.04. The third-order valence-corrected chi connectivity index (χ3v) is 4.21. The molecular weight excluding hydrogens is 288 g/mol. The van der Waals surface area contributed by atoms with Gasteiger partial charge in [0.25, 0.3) is 0 Å². The highest BCUT2D eigenvalue weighted by Crippen LogP contribution is 2.27. The van der Waals surface area contributed by atoms with Gasteiger partial charge >= 0.3 is 0 Å². The van der Waals surface area contributed by atoms with E-state index in [-0.39, 0.29) is 0 Å². The van der Waals surface area contributed by atoms with E-state index in [0.29, 0.717) is 0 Å². The summed E-state index contributed by atoms with van der Waals surface area (Å²) < 4.78 is 0. The van der Waals surface area contributed by atoms with Gasteiger partial charge in [0.2, 0.25) is 0 Å². The monoisotopic (exact) mass is 308 g/mol. The van der Waals surface area contributed by atoms with Crippen LogP contribution >= 0.6 is 0 Å². The van der Waals surface area contributed by atoms with Crippen molar-refractivity contribution in [3.63, 3.8) is 0 Å². The van der Waals surface area contributed by atoms with Crippen LogP contribution in [0.2, 0.25) is 0 Å². The molecule has 0 N–H and O–H groups in total. The van der Waals surface area contributed by atoms with E-state index in [4.69, 9.17) is 13.2 Å². The maximum atomic E-state index is 6.36. The van der Waals surface area contributed by atoms with Crippen molar-refractivity contribution in [3.05, 3.63) is 119 Å². The van der Waals surface area contributed by atoms with Crippen molar-refractivity contribution in [1.82, 2.24) is 0 Å². The predicted octanol–water partition coefficient (Wildman–Crippen LogP) is 6.03. The summed E-state index contributed by atoms with van der Waals surface area (Å²) in [4.78, 5) is 0. The van der Waals surface area contributed by atoms with Crippen molar-refractivity contribution < 1.29 is 0 Å². The smallest absolute Gasteiger partial charge is 0.0111 e. The lowest BCUT2D eigenvalue weighted by Crippen LogP contribution is -1.91. The van der Waals surface area contributed by atoms with E-state index in [0.717, 1.165) is 33.4 Å². The highest BCUT2D eigenvalue weighted by molar-refractivity contribution is 5.82. The fraction of sp³-hybridized carbons (Fsp3) is 0.0833. The summed E-state index contributed by atoms with van der Waals surface area (Å²) in [6.07, 6.45) is 0.